The van der Waals surface area contributed by atoms with Gasteiger partial charge in [0.2, 0.25) is 0 Å². The van der Waals surface area contributed by atoms with E-state index < -0.39 is 0 Å². The fourth-order valence-corrected chi connectivity index (χ4v) is 0.575. The Morgan fingerprint density at radius 2 is 0.789 bits per heavy atom. The normalized spacial score (nSPS) is 7.68. The summed E-state index contributed by atoms with van der Waals surface area (Å²) < 4.78 is 0. The number of Topliss-reactive ketones (excluding diaryl/α,β-unsaturated/α-hetero) is 4. The topological polar surface area (TPSA) is 68.3 Å². The highest BCUT2D eigenvalue weighted by molar-refractivity contribution is 5.75. The molecule has 0 amide bonds. The van der Waals surface area contributed by atoms with Crippen molar-refractivity contribution in [2.24, 2.45) is 5.92 Å². The third kappa shape index (κ3) is 500. The molecule has 0 heterocycles. The van der Waals surface area contributed by atoms with Crippen molar-refractivity contribution in [3.8, 4) is 0 Å². The van der Waals surface area contributed by atoms with Gasteiger partial charge in [0, 0.05) is 6.42 Å². The molecule has 0 aromatic carbocycles. The van der Waals surface area contributed by atoms with Crippen LogP contribution in [0.2, 0.25) is 0 Å². The Morgan fingerprint density at radius 1 is 0.632 bits per heavy atom. The van der Waals surface area contributed by atoms with E-state index in [2.05, 4.69) is 0 Å². The van der Waals surface area contributed by atoms with Crippen LogP contribution in [-0.4, -0.2) is 23.1 Å². The van der Waals surface area contributed by atoms with Crippen LogP contribution >= 0.6 is 0 Å². The number of rotatable bonds is 2. The van der Waals surface area contributed by atoms with Gasteiger partial charge < -0.3 is 19.2 Å². The van der Waals surface area contributed by atoms with Crippen LogP contribution in [0.5, 0.6) is 0 Å². The highest BCUT2D eigenvalue weighted by atomic mass is 16.1. The molecule has 19 heavy (non-hydrogen) atoms. The van der Waals surface area contributed by atoms with E-state index in [0.29, 0.717) is 5.92 Å². The van der Waals surface area contributed by atoms with E-state index in [4.69, 9.17) is 0 Å². The Balaban J connectivity index is -0.0000000825. The van der Waals surface area contributed by atoms with Crippen LogP contribution in [0.4, 0.5) is 0 Å². The average molecular weight is 274 g/mol. The highest BCUT2D eigenvalue weighted by Gasteiger charge is 1.95. The lowest BCUT2D eigenvalue weighted by atomic mass is 10.1. The Kier molecular flexibility index (Phi) is 26.3. The monoisotopic (exact) mass is 274 g/mol. The van der Waals surface area contributed by atoms with Gasteiger partial charge in [0.15, 0.2) is 0 Å². The van der Waals surface area contributed by atoms with Crippen LogP contribution in [0.25, 0.3) is 0 Å². The molecule has 4 nitrogen and oxygen atoms in total. The van der Waals surface area contributed by atoms with Crippen molar-refractivity contribution >= 4 is 23.1 Å². The molecule has 0 unspecified atom stereocenters. The van der Waals surface area contributed by atoms with E-state index in [9.17, 15) is 19.2 Å². The molecule has 0 atom stereocenters. The molecule has 0 aromatic rings. The summed E-state index contributed by atoms with van der Waals surface area (Å²) in [5.41, 5.74) is 0. The molecule has 0 aliphatic rings. The maximum Gasteiger partial charge on any atom is 0.130 e. The molecule has 0 bridgehead atoms. The maximum atomic E-state index is 10.3. The number of carbonyl (C=O) groups is 4. The summed E-state index contributed by atoms with van der Waals surface area (Å²) in [6.07, 6.45) is 0.722. The van der Waals surface area contributed by atoms with Crippen LogP contribution in [0.15, 0.2) is 0 Å². The van der Waals surface area contributed by atoms with Crippen molar-refractivity contribution in [3.63, 3.8) is 0 Å². The van der Waals surface area contributed by atoms with Gasteiger partial charge in [-0.05, 0) is 54.4 Å². The highest BCUT2D eigenvalue weighted by Crippen LogP contribution is 1.97. The van der Waals surface area contributed by atoms with E-state index in [1.54, 1.807) is 6.92 Å². The number of ketones is 4. The van der Waals surface area contributed by atoms with Gasteiger partial charge in [-0.1, -0.05) is 13.8 Å². The molecule has 0 fully saturated rings. The zero-order chi connectivity index (χ0) is 16.6. The Hall–Kier alpha value is -1.32. The van der Waals surface area contributed by atoms with Gasteiger partial charge in [-0.25, -0.2) is 0 Å². The van der Waals surface area contributed by atoms with E-state index in [1.807, 2.05) is 13.8 Å². The minimum atomic E-state index is 0.167. The Labute approximate surface area is 118 Å². The van der Waals surface area contributed by atoms with Gasteiger partial charge in [-0.15, -0.1) is 0 Å². The molecular formula is C15H30O4. The molecule has 0 saturated heterocycles. The van der Waals surface area contributed by atoms with Crippen molar-refractivity contribution < 1.29 is 19.2 Å². The smallest absolute Gasteiger partial charge is 0.130 e. The molecule has 0 aliphatic heterocycles. The number of hydrogen-bond donors (Lipinski definition) is 0. The van der Waals surface area contributed by atoms with Gasteiger partial charge in [0.25, 0.3) is 0 Å². The van der Waals surface area contributed by atoms with Gasteiger partial charge in [0.05, 0.1) is 0 Å². The fourth-order valence-electron chi connectivity index (χ4n) is 0.575. The Morgan fingerprint density at radius 3 is 0.789 bits per heavy atom. The lowest BCUT2D eigenvalue weighted by molar-refractivity contribution is -0.118. The van der Waals surface area contributed by atoms with Crippen molar-refractivity contribution in [2.45, 2.75) is 68.7 Å². The first-order chi connectivity index (χ1) is 8.32. The van der Waals surface area contributed by atoms with E-state index in [-0.39, 0.29) is 23.1 Å². The molecule has 0 radical (unpaired) electrons. The fraction of sp³-hybridized carbons (Fsp3) is 0.733. The van der Waals surface area contributed by atoms with Crippen molar-refractivity contribution in [1.29, 1.82) is 0 Å². The summed E-state index contributed by atoms with van der Waals surface area (Å²) in [5.74, 6) is 1.31. The van der Waals surface area contributed by atoms with Gasteiger partial charge in [0.1, 0.15) is 23.1 Å². The molecule has 114 valence electrons. The summed E-state index contributed by atoms with van der Waals surface area (Å²) in [6.45, 7) is 14.9. The molecule has 4 heteroatoms. The van der Waals surface area contributed by atoms with E-state index >= 15 is 0 Å². The quantitative estimate of drug-likeness (QED) is 0.773. The predicted molar refractivity (Wildman–Crippen MR) is 79.2 cm³/mol. The SMILES string of the molecule is CC(=O)CC(C)C.CC(C)=O.CC(C)=O.CC(C)=O. The summed E-state index contributed by atoms with van der Waals surface area (Å²) in [4.78, 5) is 38.6. The van der Waals surface area contributed by atoms with E-state index in [1.165, 1.54) is 41.5 Å². The Bertz CT molecular complexity index is 225. The summed E-state index contributed by atoms with van der Waals surface area (Å²) in [5, 5.41) is 0. The van der Waals surface area contributed by atoms with Crippen LogP contribution in [-0.2, 0) is 19.2 Å². The number of hydrogen-bond acceptors (Lipinski definition) is 4. The third-order valence-corrected chi connectivity index (χ3v) is 0.696. The molecular weight excluding hydrogens is 244 g/mol. The van der Waals surface area contributed by atoms with Gasteiger partial charge >= 0.3 is 0 Å². The summed E-state index contributed by atoms with van der Waals surface area (Å²) in [6, 6.07) is 0. The van der Waals surface area contributed by atoms with E-state index in [0.717, 1.165) is 6.42 Å². The minimum Gasteiger partial charge on any atom is -0.300 e. The maximum absolute atomic E-state index is 10.3. The average Bonchev–Trinajstić information content (AvgIpc) is 1.95. The lowest BCUT2D eigenvalue weighted by Gasteiger charge is -1.95. The minimum absolute atomic E-state index is 0.167. The zero-order valence-corrected chi connectivity index (χ0v) is 13.9. The van der Waals surface area contributed by atoms with Crippen LogP contribution in [0.1, 0.15) is 68.7 Å². The van der Waals surface area contributed by atoms with Gasteiger partial charge in [-0.2, -0.15) is 0 Å². The first-order valence-corrected chi connectivity index (χ1v) is 6.23. The molecule has 0 aromatic heterocycles. The molecule has 0 rings (SSSR count). The summed E-state index contributed by atoms with van der Waals surface area (Å²) >= 11 is 0. The zero-order valence-electron chi connectivity index (χ0n) is 13.9. The third-order valence-electron chi connectivity index (χ3n) is 0.696. The predicted octanol–water partition coefficient (Wildman–Crippen LogP) is 3.41. The lowest BCUT2D eigenvalue weighted by Crippen LogP contribution is -1.95. The second kappa shape index (κ2) is 19.0. The second-order valence-corrected chi connectivity index (χ2v) is 5.02. The molecule has 0 saturated carbocycles. The first kappa shape index (κ1) is 26.3. The summed E-state index contributed by atoms with van der Waals surface area (Å²) in [7, 11) is 0. The van der Waals surface area contributed by atoms with Crippen molar-refractivity contribution in [3.05, 3.63) is 0 Å². The number of carbonyl (C=O) groups excluding carboxylic acids is 4. The molecule has 0 spiro atoms. The van der Waals surface area contributed by atoms with Crippen molar-refractivity contribution in [2.75, 3.05) is 0 Å². The van der Waals surface area contributed by atoms with Gasteiger partial charge in [-0.3, -0.25) is 0 Å². The van der Waals surface area contributed by atoms with Crippen LogP contribution in [0, 0.1) is 5.92 Å². The molecule has 0 N–H and O–H groups in total. The molecule has 0 aliphatic carbocycles. The van der Waals surface area contributed by atoms with Crippen LogP contribution < -0.4 is 0 Å². The van der Waals surface area contributed by atoms with Crippen LogP contribution in [0.3, 0.4) is 0 Å². The first-order valence-electron chi connectivity index (χ1n) is 6.23. The van der Waals surface area contributed by atoms with Crippen molar-refractivity contribution in [1.82, 2.24) is 0 Å². The second-order valence-electron chi connectivity index (χ2n) is 5.02. The standard InChI is InChI=1S/C6H12O.3C3H6O/c1-5(2)4-6(3)7;3*1-3(2)4/h5H,4H2,1-3H3;3*1-2H3. The largest absolute Gasteiger partial charge is 0.300 e.